The SMILES string of the molecule is CNC(C)/C=C\NC(F)F. The van der Waals surface area contributed by atoms with Crippen molar-refractivity contribution < 1.29 is 8.78 Å². The van der Waals surface area contributed by atoms with E-state index in [1.54, 1.807) is 13.1 Å². The van der Waals surface area contributed by atoms with Crippen LogP contribution in [0.2, 0.25) is 0 Å². The van der Waals surface area contributed by atoms with Gasteiger partial charge in [0.25, 0.3) is 0 Å². The molecule has 0 heterocycles. The monoisotopic (exact) mass is 150 g/mol. The first-order chi connectivity index (χ1) is 4.66. The number of halogens is 2. The number of rotatable bonds is 4. The molecule has 0 aliphatic rings. The van der Waals surface area contributed by atoms with Gasteiger partial charge in [-0.15, -0.1) is 0 Å². The van der Waals surface area contributed by atoms with Crippen LogP contribution in [0.25, 0.3) is 0 Å². The molecule has 1 atom stereocenters. The van der Waals surface area contributed by atoms with E-state index >= 15 is 0 Å². The molecular formula is C6H12F2N2. The second kappa shape index (κ2) is 5.17. The Bertz CT molecular complexity index is 104. The summed E-state index contributed by atoms with van der Waals surface area (Å²) in [6.07, 6.45) is 2.86. The normalized spacial score (nSPS) is 14.5. The Morgan fingerprint density at radius 2 is 2.00 bits per heavy atom. The minimum Gasteiger partial charge on any atom is -0.337 e. The van der Waals surface area contributed by atoms with Crippen molar-refractivity contribution in [3.8, 4) is 0 Å². The quantitative estimate of drug-likeness (QED) is 0.582. The average molecular weight is 150 g/mol. The summed E-state index contributed by atoms with van der Waals surface area (Å²) in [5, 5.41) is 4.72. The lowest BCUT2D eigenvalue weighted by atomic mass is 10.3. The van der Waals surface area contributed by atoms with Gasteiger partial charge < -0.3 is 10.6 Å². The molecule has 0 rings (SSSR count). The van der Waals surface area contributed by atoms with Crippen molar-refractivity contribution in [1.82, 2.24) is 10.6 Å². The molecule has 2 nitrogen and oxygen atoms in total. The summed E-state index contributed by atoms with van der Waals surface area (Å²) in [4.78, 5) is 0. The molecule has 0 fully saturated rings. The molecule has 2 N–H and O–H groups in total. The Labute approximate surface area is 59.3 Å². The van der Waals surface area contributed by atoms with Crippen molar-refractivity contribution in [1.29, 1.82) is 0 Å². The van der Waals surface area contributed by atoms with Gasteiger partial charge >= 0.3 is 6.55 Å². The molecule has 0 aliphatic heterocycles. The Morgan fingerprint density at radius 1 is 1.40 bits per heavy atom. The highest BCUT2D eigenvalue weighted by Crippen LogP contribution is 1.86. The Hall–Kier alpha value is -0.640. The van der Waals surface area contributed by atoms with E-state index in [1.165, 1.54) is 6.20 Å². The molecule has 1 unspecified atom stereocenters. The van der Waals surface area contributed by atoms with E-state index in [9.17, 15) is 8.78 Å². The van der Waals surface area contributed by atoms with Gasteiger partial charge in [0.2, 0.25) is 0 Å². The first-order valence-corrected chi connectivity index (χ1v) is 3.05. The van der Waals surface area contributed by atoms with Crippen LogP contribution in [0.1, 0.15) is 6.92 Å². The second-order valence-electron chi connectivity index (χ2n) is 1.90. The highest BCUT2D eigenvalue weighted by atomic mass is 19.3. The third-order valence-corrected chi connectivity index (χ3v) is 1.06. The first kappa shape index (κ1) is 9.36. The Kier molecular flexibility index (Phi) is 4.84. The van der Waals surface area contributed by atoms with Crippen LogP contribution in [-0.4, -0.2) is 19.6 Å². The molecule has 0 bridgehead atoms. The number of likely N-dealkylation sites (N-methyl/N-ethyl adjacent to an activating group) is 1. The summed E-state index contributed by atoms with van der Waals surface area (Å²) >= 11 is 0. The van der Waals surface area contributed by atoms with Crippen molar-refractivity contribution in [3.05, 3.63) is 12.3 Å². The van der Waals surface area contributed by atoms with Gasteiger partial charge in [-0.1, -0.05) is 6.08 Å². The number of hydrogen-bond acceptors (Lipinski definition) is 2. The van der Waals surface area contributed by atoms with Gasteiger partial charge in [-0.2, -0.15) is 8.78 Å². The van der Waals surface area contributed by atoms with Crippen LogP contribution in [0.15, 0.2) is 12.3 Å². The van der Waals surface area contributed by atoms with E-state index < -0.39 is 6.55 Å². The number of hydrogen-bond donors (Lipinski definition) is 2. The largest absolute Gasteiger partial charge is 0.337 e. The van der Waals surface area contributed by atoms with Gasteiger partial charge in [-0.25, -0.2) is 0 Å². The standard InChI is InChI=1S/C6H12F2N2/c1-5(9-2)3-4-10-6(7)8/h3-6,9-10H,1-2H3/b4-3-. The minimum absolute atomic E-state index is 0.117. The van der Waals surface area contributed by atoms with Crippen LogP contribution < -0.4 is 10.6 Å². The Morgan fingerprint density at radius 3 is 2.40 bits per heavy atom. The summed E-state index contributed by atoms with van der Waals surface area (Å²) in [6.45, 7) is -0.607. The van der Waals surface area contributed by atoms with Crippen molar-refractivity contribution in [2.75, 3.05) is 7.05 Å². The predicted molar refractivity (Wildman–Crippen MR) is 36.8 cm³/mol. The zero-order valence-electron chi connectivity index (χ0n) is 6.07. The molecular weight excluding hydrogens is 138 g/mol. The average Bonchev–Trinajstić information content (AvgIpc) is 1.87. The van der Waals surface area contributed by atoms with E-state index in [0.29, 0.717) is 0 Å². The second-order valence-corrected chi connectivity index (χ2v) is 1.90. The fraction of sp³-hybridized carbons (Fsp3) is 0.667. The van der Waals surface area contributed by atoms with Crippen LogP contribution in [0.5, 0.6) is 0 Å². The van der Waals surface area contributed by atoms with Gasteiger partial charge in [0.05, 0.1) is 0 Å². The lowest BCUT2D eigenvalue weighted by molar-refractivity contribution is 0.125. The third-order valence-electron chi connectivity index (χ3n) is 1.06. The lowest BCUT2D eigenvalue weighted by Crippen LogP contribution is -2.20. The Balaban J connectivity index is 3.36. The lowest BCUT2D eigenvalue weighted by Gasteiger charge is -2.02. The van der Waals surface area contributed by atoms with Crippen molar-refractivity contribution in [3.63, 3.8) is 0 Å². The molecule has 0 spiro atoms. The van der Waals surface area contributed by atoms with Crippen LogP contribution in [0.3, 0.4) is 0 Å². The molecule has 0 saturated heterocycles. The molecule has 60 valence electrons. The van der Waals surface area contributed by atoms with Crippen LogP contribution in [0.4, 0.5) is 8.78 Å². The highest BCUT2D eigenvalue weighted by Gasteiger charge is 1.94. The van der Waals surface area contributed by atoms with Gasteiger partial charge in [0, 0.05) is 6.04 Å². The predicted octanol–water partition coefficient (Wildman–Crippen LogP) is 0.920. The van der Waals surface area contributed by atoms with Gasteiger partial charge in [0.15, 0.2) is 0 Å². The summed E-state index contributed by atoms with van der Waals surface area (Å²) in [7, 11) is 1.76. The van der Waals surface area contributed by atoms with E-state index in [1.807, 2.05) is 12.2 Å². The van der Waals surface area contributed by atoms with Gasteiger partial charge in [0.1, 0.15) is 0 Å². The van der Waals surface area contributed by atoms with E-state index in [0.717, 1.165) is 0 Å². The molecule has 0 aliphatic carbocycles. The fourth-order valence-electron chi connectivity index (χ4n) is 0.369. The maximum Gasteiger partial charge on any atom is 0.312 e. The summed E-state index contributed by atoms with van der Waals surface area (Å²) in [5.74, 6) is 0. The zero-order chi connectivity index (χ0) is 7.98. The van der Waals surface area contributed by atoms with Crippen LogP contribution >= 0.6 is 0 Å². The van der Waals surface area contributed by atoms with E-state index in [-0.39, 0.29) is 6.04 Å². The smallest absolute Gasteiger partial charge is 0.312 e. The minimum atomic E-state index is -2.47. The fourth-order valence-corrected chi connectivity index (χ4v) is 0.369. The van der Waals surface area contributed by atoms with Gasteiger partial charge in [-0.3, -0.25) is 0 Å². The van der Waals surface area contributed by atoms with E-state index in [2.05, 4.69) is 5.32 Å². The molecule has 0 aromatic rings. The summed E-state index contributed by atoms with van der Waals surface area (Å²) < 4.78 is 22.8. The maximum absolute atomic E-state index is 11.4. The molecule has 10 heavy (non-hydrogen) atoms. The third kappa shape index (κ3) is 5.50. The number of alkyl halides is 2. The van der Waals surface area contributed by atoms with E-state index in [4.69, 9.17) is 0 Å². The number of nitrogens with one attached hydrogen (secondary N) is 2. The summed E-state index contributed by atoms with van der Waals surface area (Å²) in [6, 6.07) is 0.117. The molecule has 0 aromatic carbocycles. The molecule has 0 radical (unpaired) electrons. The van der Waals surface area contributed by atoms with Crippen LogP contribution in [0, 0.1) is 0 Å². The molecule has 4 heteroatoms. The van der Waals surface area contributed by atoms with Gasteiger partial charge in [-0.05, 0) is 20.2 Å². The van der Waals surface area contributed by atoms with Crippen LogP contribution in [-0.2, 0) is 0 Å². The zero-order valence-corrected chi connectivity index (χ0v) is 6.07. The molecule has 0 saturated carbocycles. The van der Waals surface area contributed by atoms with Crippen molar-refractivity contribution in [2.24, 2.45) is 0 Å². The molecule has 0 amide bonds. The summed E-state index contributed by atoms with van der Waals surface area (Å²) in [5.41, 5.74) is 0. The molecule has 0 aromatic heterocycles. The topological polar surface area (TPSA) is 24.1 Å². The highest BCUT2D eigenvalue weighted by molar-refractivity contribution is 4.87. The van der Waals surface area contributed by atoms with Crippen molar-refractivity contribution >= 4 is 0 Å². The first-order valence-electron chi connectivity index (χ1n) is 3.05. The maximum atomic E-state index is 11.4. The van der Waals surface area contributed by atoms with Crippen molar-refractivity contribution in [2.45, 2.75) is 19.5 Å².